The van der Waals surface area contributed by atoms with Gasteiger partial charge in [0.15, 0.2) is 0 Å². The van der Waals surface area contributed by atoms with Crippen molar-refractivity contribution in [1.82, 2.24) is 4.57 Å². The van der Waals surface area contributed by atoms with Gasteiger partial charge in [0.25, 0.3) is 0 Å². The van der Waals surface area contributed by atoms with Crippen LogP contribution in [0.2, 0.25) is 0 Å². The Balaban J connectivity index is 1.73. The zero-order chi connectivity index (χ0) is 15.5. The molecule has 1 aromatic heterocycles. The van der Waals surface area contributed by atoms with E-state index in [1.807, 2.05) is 31.3 Å². The van der Waals surface area contributed by atoms with Crippen LogP contribution in [-0.2, 0) is 13.2 Å². The van der Waals surface area contributed by atoms with Gasteiger partial charge in [-0.25, -0.2) is 4.39 Å². The SMILES string of the molecule is CC(N)Cn1ccc2cc(OCc3ccc(F)cc3)ccc21. The number of fused-ring (bicyclic) bond motifs is 1. The number of halogens is 1. The number of aromatic nitrogens is 1. The van der Waals surface area contributed by atoms with E-state index >= 15 is 0 Å². The molecule has 3 aromatic rings. The van der Waals surface area contributed by atoms with Crippen molar-refractivity contribution in [2.45, 2.75) is 26.1 Å². The second kappa shape index (κ2) is 6.20. The molecule has 0 saturated heterocycles. The molecule has 0 amide bonds. The van der Waals surface area contributed by atoms with Gasteiger partial charge in [0, 0.05) is 29.7 Å². The van der Waals surface area contributed by atoms with E-state index in [1.165, 1.54) is 12.1 Å². The molecule has 2 N–H and O–H groups in total. The van der Waals surface area contributed by atoms with E-state index in [0.29, 0.717) is 6.61 Å². The van der Waals surface area contributed by atoms with Crippen LogP contribution in [0.1, 0.15) is 12.5 Å². The van der Waals surface area contributed by atoms with Gasteiger partial charge in [0.1, 0.15) is 18.2 Å². The Bertz CT molecular complexity index is 762. The minimum Gasteiger partial charge on any atom is -0.489 e. The highest BCUT2D eigenvalue weighted by atomic mass is 19.1. The predicted molar refractivity (Wildman–Crippen MR) is 86.3 cm³/mol. The van der Waals surface area contributed by atoms with Crippen molar-refractivity contribution in [2.24, 2.45) is 5.73 Å². The van der Waals surface area contributed by atoms with Gasteiger partial charge in [0.05, 0.1) is 0 Å². The molecule has 0 fully saturated rings. The summed E-state index contributed by atoms with van der Waals surface area (Å²) in [6, 6.07) is 14.5. The normalized spacial score (nSPS) is 12.5. The van der Waals surface area contributed by atoms with Crippen molar-refractivity contribution in [1.29, 1.82) is 0 Å². The Kier molecular flexibility index (Phi) is 4.11. The molecule has 4 heteroatoms. The standard InChI is InChI=1S/C18H19FN2O/c1-13(20)11-21-9-8-15-10-17(6-7-18(15)21)22-12-14-2-4-16(19)5-3-14/h2-10,13H,11-12,20H2,1H3. The van der Waals surface area contributed by atoms with E-state index < -0.39 is 0 Å². The third kappa shape index (κ3) is 3.28. The summed E-state index contributed by atoms with van der Waals surface area (Å²) in [4.78, 5) is 0. The number of nitrogens with two attached hydrogens (primary N) is 1. The molecule has 0 aliphatic carbocycles. The maximum atomic E-state index is 12.9. The van der Waals surface area contributed by atoms with Gasteiger partial charge in [-0.2, -0.15) is 0 Å². The Morgan fingerprint density at radius 2 is 1.91 bits per heavy atom. The fraction of sp³-hybridized carbons (Fsp3) is 0.222. The summed E-state index contributed by atoms with van der Waals surface area (Å²) in [5.41, 5.74) is 7.94. The minimum absolute atomic E-state index is 0.116. The van der Waals surface area contributed by atoms with E-state index in [4.69, 9.17) is 10.5 Å². The van der Waals surface area contributed by atoms with Crippen molar-refractivity contribution in [3.8, 4) is 5.75 Å². The Morgan fingerprint density at radius 3 is 2.64 bits per heavy atom. The number of benzene rings is 2. The first kappa shape index (κ1) is 14.6. The number of hydrogen-bond acceptors (Lipinski definition) is 2. The van der Waals surface area contributed by atoms with Gasteiger partial charge in [0.2, 0.25) is 0 Å². The highest BCUT2D eigenvalue weighted by Crippen LogP contribution is 2.23. The molecule has 22 heavy (non-hydrogen) atoms. The van der Waals surface area contributed by atoms with Crippen LogP contribution in [0.25, 0.3) is 10.9 Å². The molecule has 1 unspecified atom stereocenters. The predicted octanol–water partition coefficient (Wildman–Crippen LogP) is 3.71. The summed E-state index contributed by atoms with van der Waals surface area (Å²) in [5.74, 6) is 0.566. The fourth-order valence-electron chi connectivity index (χ4n) is 2.48. The van der Waals surface area contributed by atoms with Gasteiger partial charge in [-0.1, -0.05) is 12.1 Å². The molecule has 0 radical (unpaired) electrons. The summed E-state index contributed by atoms with van der Waals surface area (Å²) in [7, 11) is 0. The summed E-state index contributed by atoms with van der Waals surface area (Å²) < 4.78 is 20.8. The largest absolute Gasteiger partial charge is 0.489 e. The van der Waals surface area contributed by atoms with Gasteiger partial charge in [-0.3, -0.25) is 0 Å². The average Bonchev–Trinajstić information content (AvgIpc) is 2.88. The minimum atomic E-state index is -0.236. The molecule has 0 spiro atoms. The highest BCUT2D eigenvalue weighted by molar-refractivity contribution is 5.81. The average molecular weight is 298 g/mol. The van der Waals surface area contributed by atoms with Crippen molar-refractivity contribution >= 4 is 10.9 Å². The van der Waals surface area contributed by atoms with E-state index in [-0.39, 0.29) is 11.9 Å². The Morgan fingerprint density at radius 1 is 1.14 bits per heavy atom. The lowest BCUT2D eigenvalue weighted by Crippen LogP contribution is -2.21. The molecule has 0 bridgehead atoms. The van der Waals surface area contributed by atoms with Gasteiger partial charge in [-0.05, 0) is 48.9 Å². The van der Waals surface area contributed by atoms with Crippen molar-refractivity contribution < 1.29 is 9.13 Å². The van der Waals surface area contributed by atoms with Crippen molar-refractivity contribution in [2.75, 3.05) is 0 Å². The molecule has 114 valence electrons. The smallest absolute Gasteiger partial charge is 0.123 e. The lowest BCUT2D eigenvalue weighted by atomic mass is 10.2. The number of ether oxygens (including phenoxy) is 1. The Hall–Kier alpha value is -2.33. The molecule has 2 aromatic carbocycles. The lowest BCUT2D eigenvalue weighted by molar-refractivity contribution is 0.306. The topological polar surface area (TPSA) is 40.2 Å². The lowest BCUT2D eigenvalue weighted by Gasteiger charge is -2.10. The monoisotopic (exact) mass is 298 g/mol. The van der Waals surface area contributed by atoms with Gasteiger partial charge in [-0.15, -0.1) is 0 Å². The van der Waals surface area contributed by atoms with Crippen LogP contribution in [0.5, 0.6) is 5.75 Å². The summed E-state index contributed by atoms with van der Waals surface area (Å²) >= 11 is 0. The quantitative estimate of drug-likeness (QED) is 0.780. The maximum Gasteiger partial charge on any atom is 0.123 e. The third-order valence-corrected chi connectivity index (χ3v) is 3.55. The van der Waals surface area contributed by atoms with Crippen molar-refractivity contribution in [3.05, 3.63) is 66.1 Å². The highest BCUT2D eigenvalue weighted by Gasteiger charge is 2.05. The zero-order valence-corrected chi connectivity index (χ0v) is 12.5. The van der Waals surface area contributed by atoms with Crippen LogP contribution in [0, 0.1) is 5.82 Å². The number of hydrogen-bond donors (Lipinski definition) is 1. The molecular weight excluding hydrogens is 279 g/mol. The van der Waals surface area contributed by atoms with Crippen LogP contribution in [0.15, 0.2) is 54.7 Å². The fourth-order valence-corrected chi connectivity index (χ4v) is 2.48. The first-order chi connectivity index (χ1) is 10.6. The van der Waals surface area contributed by atoms with Crippen LogP contribution in [0.3, 0.4) is 0 Å². The molecule has 3 nitrogen and oxygen atoms in total. The van der Waals surface area contributed by atoms with Crippen LogP contribution < -0.4 is 10.5 Å². The van der Waals surface area contributed by atoms with Gasteiger partial charge < -0.3 is 15.0 Å². The van der Waals surface area contributed by atoms with Crippen LogP contribution >= 0.6 is 0 Å². The molecule has 1 atom stereocenters. The first-order valence-electron chi connectivity index (χ1n) is 7.33. The zero-order valence-electron chi connectivity index (χ0n) is 12.5. The van der Waals surface area contributed by atoms with Crippen molar-refractivity contribution in [3.63, 3.8) is 0 Å². The number of rotatable bonds is 5. The van der Waals surface area contributed by atoms with Gasteiger partial charge >= 0.3 is 0 Å². The molecule has 0 saturated carbocycles. The van der Waals surface area contributed by atoms with Crippen LogP contribution in [-0.4, -0.2) is 10.6 Å². The Labute approximate surface area is 129 Å². The van der Waals surface area contributed by atoms with Crippen LogP contribution in [0.4, 0.5) is 4.39 Å². The maximum absolute atomic E-state index is 12.9. The van der Waals surface area contributed by atoms with E-state index in [9.17, 15) is 4.39 Å². The summed E-state index contributed by atoms with van der Waals surface area (Å²) in [6.45, 7) is 3.21. The number of nitrogens with zero attached hydrogens (tertiary/aromatic N) is 1. The van der Waals surface area contributed by atoms with E-state index in [2.05, 4.69) is 10.6 Å². The molecule has 0 aliphatic heterocycles. The molecule has 1 heterocycles. The molecule has 3 rings (SSSR count). The molecule has 0 aliphatic rings. The van der Waals surface area contributed by atoms with E-state index in [0.717, 1.165) is 28.8 Å². The second-order valence-electron chi connectivity index (χ2n) is 5.58. The first-order valence-corrected chi connectivity index (χ1v) is 7.33. The summed E-state index contributed by atoms with van der Waals surface area (Å²) in [5, 5.41) is 1.12. The van der Waals surface area contributed by atoms with E-state index in [1.54, 1.807) is 12.1 Å². The second-order valence-corrected chi connectivity index (χ2v) is 5.58. The summed E-state index contributed by atoms with van der Waals surface area (Å²) in [6.07, 6.45) is 2.04. The molecular formula is C18H19FN2O. The third-order valence-electron chi connectivity index (χ3n) is 3.55.